The van der Waals surface area contributed by atoms with Crippen LogP contribution < -0.4 is 10.6 Å². The first kappa shape index (κ1) is 12.9. The zero-order valence-corrected chi connectivity index (χ0v) is 10.4. The van der Waals surface area contributed by atoms with Crippen molar-refractivity contribution in [3.63, 3.8) is 0 Å². The van der Waals surface area contributed by atoms with Crippen molar-refractivity contribution in [2.24, 2.45) is 0 Å². The minimum absolute atomic E-state index is 0.0323. The monoisotopic (exact) mass is 261 g/mol. The van der Waals surface area contributed by atoms with Crippen molar-refractivity contribution < 1.29 is 9.90 Å². The van der Waals surface area contributed by atoms with Gasteiger partial charge in [-0.05, 0) is 13.0 Å². The fourth-order valence-electron chi connectivity index (χ4n) is 1.62. The van der Waals surface area contributed by atoms with Crippen molar-refractivity contribution in [3.05, 3.63) is 30.9 Å². The molecule has 2 aromatic rings. The van der Waals surface area contributed by atoms with Crippen LogP contribution in [-0.4, -0.2) is 32.1 Å². The highest BCUT2D eigenvalue weighted by Crippen LogP contribution is 2.16. The summed E-state index contributed by atoms with van der Waals surface area (Å²) in [5.74, 6) is 0.376. The number of H-pyrrole nitrogens is 1. The third-order valence-electron chi connectivity index (χ3n) is 2.41. The second-order valence-corrected chi connectivity index (χ2v) is 4.16. The number of carbonyl (C=O) groups is 1. The molecule has 0 amide bonds. The molecule has 19 heavy (non-hydrogen) atoms. The van der Waals surface area contributed by atoms with Crippen LogP contribution in [0.1, 0.15) is 13.3 Å². The Kier molecular flexibility index (Phi) is 3.97. The second-order valence-electron chi connectivity index (χ2n) is 4.16. The van der Waals surface area contributed by atoms with E-state index in [2.05, 4.69) is 25.6 Å². The van der Waals surface area contributed by atoms with Crippen molar-refractivity contribution in [1.82, 2.24) is 15.0 Å². The highest BCUT2D eigenvalue weighted by molar-refractivity contribution is 5.68. The summed E-state index contributed by atoms with van der Waals surface area (Å²) in [4.78, 5) is 21.7. The number of hydrogen-bond donors (Lipinski definition) is 4. The van der Waals surface area contributed by atoms with Crippen molar-refractivity contribution in [2.75, 3.05) is 10.6 Å². The van der Waals surface area contributed by atoms with E-state index in [0.717, 1.165) is 5.69 Å². The summed E-state index contributed by atoms with van der Waals surface area (Å²) in [6.07, 6.45) is 5.06. The van der Waals surface area contributed by atoms with E-state index < -0.39 is 5.97 Å². The third-order valence-corrected chi connectivity index (χ3v) is 2.41. The molecule has 2 rings (SSSR count). The Morgan fingerprint density at radius 1 is 1.47 bits per heavy atom. The summed E-state index contributed by atoms with van der Waals surface area (Å²) >= 11 is 0. The molecule has 7 nitrogen and oxygen atoms in total. The van der Waals surface area contributed by atoms with E-state index >= 15 is 0 Å². The van der Waals surface area contributed by atoms with Crippen LogP contribution in [0.25, 0.3) is 0 Å². The maximum Gasteiger partial charge on any atom is 0.305 e. The lowest BCUT2D eigenvalue weighted by molar-refractivity contribution is -0.137. The fourth-order valence-corrected chi connectivity index (χ4v) is 1.62. The fraction of sp³-hybridized carbons (Fsp3) is 0.250. The highest BCUT2D eigenvalue weighted by atomic mass is 16.4. The van der Waals surface area contributed by atoms with Gasteiger partial charge in [0.25, 0.3) is 0 Å². The van der Waals surface area contributed by atoms with Gasteiger partial charge in [-0.1, -0.05) is 0 Å². The molecule has 0 radical (unpaired) electrons. The zero-order chi connectivity index (χ0) is 13.7. The molecule has 2 heterocycles. The molecule has 100 valence electrons. The number of nitrogens with zero attached hydrogens (tertiary/aromatic N) is 2. The first-order valence-electron chi connectivity index (χ1n) is 5.83. The smallest absolute Gasteiger partial charge is 0.305 e. The lowest BCUT2D eigenvalue weighted by atomic mass is 10.2. The average molecular weight is 261 g/mol. The molecule has 7 heteroatoms. The Balaban J connectivity index is 2.00. The molecule has 0 saturated heterocycles. The molecule has 0 aromatic carbocycles. The van der Waals surface area contributed by atoms with Crippen LogP contribution in [-0.2, 0) is 4.79 Å². The Bertz CT molecular complexity index is 541. The minimum atomic E-state index is -0.847. The standard InChI is InChI=1S/C12H15N5O2/c1-8(4-12(18)19)16-10-5-11(15-7-14-10)17-9-2-3-13-6-9/h2-3,5-8,13H,4H2,1H3,(H,18,19)(H2,14,15,16,17). The Morgan fingerprint density at radius 3 is 2.95 bits per heavy atom. The van der Waals surface area contributed by atoms with Gasteiger partial charge in [0.05, 0.1) is 12.1 Å². The molecule has 4 N–H and O–H groups in total. The number of nitrogens with one attached hydrogen (secondary N) is 3. The number of hydrogen-bond acceptors (Lipinski definition) is 5. The van der Waals surface area contributed by atoms with E-state index in [0.29, 0.717) is 11.6 Å². The molecule has 0 aliphatic heterocycles. The van der Waals surface area contributed by atoms with Crippen molar-refractivity contribution in [1.29, 1.82) is 0 Å². The largest absolute Gasteiger partial charge is 0.481 e. The maximum absolute atomic E-state index is 10.6. The number of aliphatic carboxylic acids is 1. The number of rotatable bonds is 6. The molecule has 2 aromatic heterocycles. The SMILES string of the molecule is CC(CC(=O)O)Nc1cc(Nc2cc[nH]c2)ncn1. The highest BCUT2D eigenvalue weighted by Gasteiger charge is 2.08. The summed E-state index contributed by atoms with van der Waals surface area (Å²) in [7, 11) is 0. The van der Waals surface area contributed by atoms with Gasteiger partial charge in [0.1, 0.15) is 18.0 Å². The molecular formula is C12H15N5O2. The van der Waals surface area contributed by atoms with Gasteiger partial charge in [-0.25, -0.2) is 9.97 Å². The van der Waals surface area contributed by atoms with Crippen molar-refractivity contribution in [2.45, 2.75) is 19.4 Å². The molecular weight excluding hydrogens is 246 g/mol. The van der Waals surface area contributed by atoms with E-state index in [1.54, 1.807) is 19.2 Å². The second kappa shape index (κ2) is 5.85. The van der Waals surface area contributed by atoms with Crippen molar-refractivity contribution in [3.8, 4) is 0 Å². The van der Waals surface area contributed by atoms with Crippen LogP contribution in [0.4, 0.5) is 17.3 Å². The van der Waals surface area contributed by atoms with E-state index in [1.807, 2.05) is 12.3 Å². The minimum Gasteiger partial charge on any atom is -0.481 e. The van der Waals surface area contributed by atoms with Crippen LogP contribution in [0.15, 0.2) is 30.9 Å². The van der Waals surface area contributed by atoms with Crippen LogP contribution in [0.2, 0.25) is 0 Å². The number of aromatic amines is 1. The number of carboxylic acid groups (broad SMARTS) is 1. The van der Waals surface area contributed by atoms with Gasteiger partial charge in [-0.2, -0.15) is 0 Å². The van der Waals surface area contributed by atoms with Gasteiger partial charge in [-0.3, -0.25) is 4.79 Å². The van der Waals surface area contributed by atoms with Gasteiger partial charge in [0.15, 0.2) is 0 Å². The van der Waals surface area contributed by atoms with Crippen LogP contribution in [0.3, 0.4) is 0 Å². The Morgan fingerprint density at radius 2 is 2.26 bits per heavy atom. The third kappa shape index (κ3) is 3.98. The zero-order valence-electron chi connectivity index (χ0n) is 10.4. The molecule has 0 fully saturated rings. The molecule has 0 saturated carbocycles. The van der Waals surface area contributed by atoms with Crippen LogP contribution in [0.5, 0.6) is 0 Å². The summed E-state index contributed by atoms with van der Waals surface area (Å²) in [5, 5.41) is 14.8. The van der Waals surface area contributed by atoms with E-state index in [4.69, 9.17) is 5.11 Å². The van der Waals surface area contributed by atoms with Gasteiger partial charge in [0, 0.05) is 24.5 Å². The van der Waals surface area contributed by atoms with Crippen molar-refractivity contribution >= 4 is 23.3 Å². The normalized spacial score (nSPS) is 11.8. The maximum atomic E-state index is 10.6. The quantitative estimate of drug-likeness (QED) is 0.632. The first-order valence-corrected chi connectivity index (χ1v) is 5.83. The molecule has 0 aliphatic carbocycles. The van der Waals surface area contributed by atoms with Gasteiger partial charge in [-0.15, -0.1) is 0 Å². The number of anilines is 3. The average Bonchev–Trinajstić information content (AvgIpc) is 2.81. The Labute approximate surface area is 110 Å². The molecule has 1 atom stereocenters. The summed E-state index contributed by atoms with van der Waals surface area (Å²) in [5.41, 5.74) is 0.892. The van der Waals surface area contributed by atoms with Crippen LogP contribution >= 0.6 is 0 Å². The topological polar surface area (TPSA) is 103 Å². The van der Waals surface area contributed by atoms with E-state index in [9.17, 15) is 4.79 Å². The van der Waals surface area contributed by atoms with Gasteiger partial charge < -0.3 is 20.7 Å². The van der Waals surface area contributed by atoms with Gasteiger partial charge >= 0.3 is 5.97 Å². The van der Waals surface area contributed by atoms with Gasteiger partial charge in [0.2, 0.25) is 0 Å². The predicted molar refractivity (Wildman–Crippen MR) is 71.4 cm³/mol. The summed E-state index contributed by atoms with van der Waals surface area (Å²) in [6.45, 7) is 1.79. The number of aromatic nitrogens is 3. The first-order chi connectivity index (χ1) is 9.13. The van der Waals surface area contributed by atoms with E-state index in [1.165, 1.54) is 6.33 Å². The van der Waals surface area contributed by atoms with Crippen LogP contribution in [0, 0.1) is 0 Å². The summed E-state index contributed by atoms with van der Waals surface area (Å²) < 4.78 is 0. The predicted octanol–water partition coefficient (Wildman–Crippen LogP) is 1.82. The molecule has 0 aliphatic rings. The van der Waals surface area contributed by atoms with E-state index in [-0.39, 0.29) is 12.5 Å². The lowest BCUT2D eigenvalue weighted by Crippen LogP contribution is -2.20. The Hall–Kier alpha value is -2.57. The lowest BCUT2D eigenvalue weighted by Gasteiger charge is -2.12. The molecule has 1 unspecified atom stereocenters. The summed E-state index contributed by atoms with van der Waals surface area (Å²) in [6, 6.07) is 3.40. The molecule has 0 bridgehead atoms. The number of carboxylic acids is 1. The molecule has 0 spiro atoms.